The van der Waals surface area contributed by atoms with Gasteiger partial charge in [-0.3, -0.25) is 0 Å². The van der Waals surface area contributed by atoms with Crippen molar-refractivity contribution in [3.05, 3.63) is 34.3 Å². The summed E-state index contributed by atoms with van der Waals surface area (Å²) in [5.74, 6) is -1.04. The van der Waals surface area contributed by atoms with Gasteiger partial charge >= 0.3 is 5.97 Å². The summed E-state index contributed by atoms with van der Waals surface area (Å²) in [6, 6.07) is 3.23. The van der Waals surface area contributed by atoms with Crippen molar-refractivity contribution in [2.45, 2.75) is 6.92 Å². The zero-order chi connectivity index (χ0) is 10.9. The normalized spacial score (nSPS) is 9.86. The molecule has 0 radical (unpaired) electrons. The minimum atomic E-state index is -1.04. The summed E-state index contributed by atoms with van der Waals surface area (Å²) in [5, 5.41) is 8.87. The second-order valence-electron chi connectivity index (χ2n) is 3.00. The molecule has 1 aromatic carbocycles. The van der Waals surface area contributed by atoms with Crippen LogP contribution in [0.5, 0.6) is 0 Å². The lowest BCUT2D eigenvalue weighted by Gasteiger charge is -2.08. The molecule has 1 aromatic rings. The highest BCUT2D eigenvalue weighted by molar-refractivity contribution is 9.10. The number of rotatable bonds is 2. The molecular formula is C10H10BrNO2. The van der Waals surface area contributed by atoms with Crippen LogP contribution in [0.1, 0.15) is 22.8 Å². The third kappa shape index (κ3) is 1.96. The van der Waals surface area contributed by atoms with E-state index < -0.39 is 5.97 Å². The molecule has 0 saturated carbocycles. The molecule has 3 N–H and O–H groups in total. The Labute approximate surface area is 90.4 Å². The predicted octanol–water partition coefficient (Wildman–Crippen LogP) is 2.76. The van der Waals surface area contributed by atoms with Crippen LogP contribution in [0.3, 0.4) is 0 Å². The fourth-order valence-corrected chi connectivity index (χ4v) is 1.61. The van der Waals surface area contributed by atoms with Crippen molar-refractivity contribution >= 4 is 33.2 Å². The zero-order valence-electron chi connectivity index (χ0n) is 7.67. The van der Waals surface area contributed by atoms with Gasteiger partial charge in [0.25, 0.3) is 0 Å². The number of hydrogen-bond donors (Lipinski definition) is 2. The van der Waals surface area contributed by atoms with Gasteiger partial charge in [0.15, 0.2) is 0 Å². The lowest BCUT2D eigenvalue weighted by Crippen LogP contribution is -2.05. The highest BCUT2D eigenvalue weighted by atomic mass is 79.9. The number of allylic oxidation sites excluding steroid dienone is 1. The number of carbonyl (C=O) groups is 1. The quantitative estimate of drug-likeness (QED) is 0.799. The third-order valence-electron chi connectivity index (χ3n) is 1.83. The highest BCUT2D eigenvalue weighted by Gasteiger charge is 2.13. The summed E-state index contributed by atoms with van der Waals surface area (Å²) in [5.41, 5.74) is 7.45. The fourth-order valence-electron chi connectivity index (χ4n) is 1.15. The van der Waals surface area contributed by atoms with E-state index >= 15 is 0 Å². The van der Waals surface area contributed by atoms with E-state index in [9.17, 15) is 4.79 Å². The maximum absolute atomic E-state index is 10.8. The Morgan fingerprint density at radius 3 is 2.43 bits per heavy atom. The Kier molecular flexibility index (Phi) is 2.96. The maximum atomic E-state index is 10.8. The van der Waals surface area contributed by atoms with Gasteiger partial charge in [-0.05, 0) is 24.6 Å². The first-order chi connectivity index (χ1) is 6.43. The lowest BCUT2D eigenvalue weighted by atomic mass is 10.0. The molecule has 74 valence electrons. The number of anilines is 1. The molecule has 0 saturated heterocycles. The third-order valence-corrected chi connectivity index (χ3v) is 2.29. The molecule has 0 aliphatic rings. The van der Waals surface area contributed by atoms with Gasteiger partial charge in [-0.2, -0.15) is 0 Å². The van der Waals surface area contributed by atoms with E-state index in [0.29, 0.717) is 10.0 Å². The first-order valence-corrected chi connectivity index (χ1v) is 4.71. The van der Waals surface area contributed by atoms with Crippen LogP contribution in [-0.4, -0.2) is 11.1 Å². The van der Waals surface area contributed by atoms with Gasteiger partial charge in [0, 0.05) is 10.0 Å². The highest BCUT2D eigenvalue weighted by Crippen LogP contribution is 2.28. The molecule has 0 aliphatic heterocycles. The topological polar surface area (TPSA) is 63.3 Å². The SMILES string of the molecule is C=C(C)c1cc(Br)cc(C(=O)O)c1N. The molecule has 4 heteroatoms. The van der Waals surface area contributed by atoms with Gasteiger partial charge < -0.3 is 10.8 Å². The molecule has 0 spiro atoms. The molecule has 0 fully saturated rings. The van der Waals surface area contributed by atoms with Crippen molar-refractivity contribution in [3.63, 3.8) is 0 Å². The molecule has 0 bridgehead atoms. The molecule has 0 heterocycles. The smallest absolute Gasteiger partial charge is 0.337 e. The second-order valence-corrected chi connectivity index (χ2v) is 3.92. The van der Waals surface area contributed by atoms with Crippen LogP contribution < -0.4 is 5.73 Å². The first-order valence-electron chi connectivity index (χ1n) is 3.91. The zero-order valence-corrected chi connectivity index (χ0v) is 9.26. The van der Waals surface area contributed by atoms with Crippen LogP contribution in [0, 0.1) is 0 Å². The standard InChI is InChI=1S/C10H10BrNO2/c1-5(2)7-3-6(11)4-8(9(7)12)10(13)14/h3-4H,1,12H2,2H3,(H,13,14). The van der Waals surface area contributed by atoms with Gasteiger partial charge in [0.1, 0.15) is 0 Å². The maximum Gasteiger partial charge on any atom is 0.337 e. The lowest BCUT2D eigenvalue weighted by molar-refractivity contribution is 0.0698. The van der Waals surface area contributed by atoms with Crippen molar-refractivity contribution in [1.29, 1.82) is 0 Å². The molecule has 0 amide bonds. The fraction of sp³-hybridized carbons (Fsp3) is 0.100. The average Bonchev–Trinajstić information content (AvgIpc) is 2.07. The predicted molar refractivity (Wildman–Crippen MR) is 60.2 cm³/mol. The van der Waals surface area contributed by atoms with Gasteiger partial charge in [-0.25, -0.2) is 4.79 Å². The van der Waals surface area contributed by atoms with Crippen molar-refractivity contribution in [2.24, 2.45) is 0 Å². The Hall–Kier alpha value is -1.29. The number of benzene rings is 1. The van der Waals surface area contributed by atoms with E-state index in [1.807, 2.05) is 0 Å². The number of carboxylic acids is 1. The first kappa shape index (κ1) is 10.8. The molecule has 1 rings (SSSR count). The summed E-state index contributed by atoms with van der Waals surface area (Å²) >= 11 is 3.22. The molecule has 0 atom stereocenters. The number of aromatic carboxylic acids is 1. The van der Waals surface area contributed by atoms with Gasteiger partial charge in [-0.15, -0.1) is 0 Å². The monoisotopic (exact) mass is 255 g/mol. The van der Waals surface area contributed by atoms with Gasteiger partial charge in [-0.1, -0.05) is 22.5 Å². The Bertz CT molecular complexity index is 378. The molecule has 3 nitrogen and oxygen atoms in total. The molecule has 0 aromatic heterocycles. The van der Waals surface area contributed by atoms with E-state index in [0.717, 1.165) is 5.57 Å². The number of nitrogens with two attached hydrogens (primary N) is 1. The van der Waals surface area contributed by atoms with Crippen molar-refractivity contribution in [2.75, 3.05) is 5.73 Å². The second kappa shape index (κ2) is 3.84. The van der Waals surface area contributed by atoms with E-state index in [-0.39, 0.29) is 11.3 Å². The van der Waals surface area contributed by atoms with Crippen molar-refractivity contribution in [1.82, 2.24) is 0 Å². The van der Waals surface area contributed by atoms with E-state index in [1.165, 1.54) is 6.07 Å². The Balaban J connectivity index is 3.47. The van der Waals surface area contributed by atoms with Crippen molar-refractivity contribution < 1.29 is 9.90 Å². The average molecular weight is 256 g/mol. The summed E-state index contributed by atoms with van der Waals surface area (Å²) < 4.78 is 0.683. The largest absolute Gasteiger partial charge is 0.478 e. The number of nitrogen functional groups attached to an aromatic ring is 1. The minimum absolute atomic E-state index is 0.0948. The van der Waals surface area contributed by atoms with E-state index in [2.05, 4.69) is 22.5 Å². The summed E-state index contributed by atoms with van der Waals surface area (Å²) in [7, 11) is 0. The number of hydrogen-bond acceptors (Lipinski definition) is 2. The van der Waals surface area contributed by atoms with Crippen LogP contribution in [-0.2, 0) is 0 Å². The summed E-state index contributed by atoms with van der Waals surface area (Å²) in [4.78, 5) is 10.8. The Morgan fingerprint density at radius 1 is 1.50 bits per heavy atom. The summed E-state index contributed by atoms with van der Waals surface area (Å²) in [6.07, 6.45) is 0. The summed E-state index contributed by atoms with van der Waals surface area (Å²) in [6.45, 7) is 5.52. The number of halogens is 1. The number of carboxylic acid groups (broad SMARTS) is 1. The molecule has 0 aliphatic carbocycles. The molecule has 14 heavy (non-hydrogen) atoms. The minimum Gasteiger partial charge on any atom is -0.478 e. The van der Waals surface area contributed by atoms with E-state index in [1.54, 1.807) is 13.0 Å². The Morgan fingerprint density at radius 2 is 2.00 bits per heavy atom. The van der Waals surface area contributed by atoms with Crippen LogP contribution in [0.2, 0.25) is 0 Å². The van der Waals surface area contributed by atoms with Crippen LogP contribution >= 0.6 is 15.9 Å². The van der Waals surface area contributed by atoms with Gasteiger partial charge in [0.05, 0.1) is 11.3 Å². The van der Waals surface area contributed by atoms with E-state index in [4.69, 9.17) is 10.8 Å². The van der Waals surface area contributed by atoms with Crippen LogP contribution in [0.25, 0.3) is 5.57 Å². The van der Waals surface area contributed by atoms with Crippen LogP contribution in [0.15, 0.2) is 23.2 Å². The van der Waals surface area contributed by atoms with Crippen molar-refractivity contribution in [3.8, 4) is 0 Å². The molecule has 0 unspecified atom stereocenters. The van der Waals surface area contributed by atoms with Gasteiger partial charge in [0.2, 0.25) is 0 Å². The van der Waals surface area contributed by atoms with Crippen LogP contribution in [0.4, 0.5) is 5.69 Å². The molecular weight excluding hydrogens is 246 g/mol.